The second-order valence-corrected chi connectivity index (χ2v) is 3.76. The number of amides is 1. The first kappa shape index (κ1) is 12.1. The lowest BCUT2D eigenvalue weighted by Crippen LogP contribution is -2.26. The number of benzene rings is 1. The highest BCUT2D eigenvalue weighted by molar-refractivity contribution is 6.07. The van der Waals surface area contributed by atoms with Gasteiger partial charge in [0.1, 0.15) is 5.56 Å². The first-order valence-electron chi connectivity index (χ1n) is 5.56. The SMILES string of the molecule is COc1ncccc1C(=O)N(C)c1ccccc1. The van der Waals surface area contributed by atoms with Crippen LogP contribution in [-0.2, 0) is 0 Å². The van der Waals surface area contributed by atoms with Crippen molar-refractivity contribution in [2.45, 2.75) is 0 Å². The molecule has 0 unspecified atom stereocenters. The van der Waals surface area contributed by atoms with E-state index >= 15 is 0 Å². The fraction of sp³-hybridized carbons (Fsp3) is 0.143. The molecule has 1 amide bonds. The minimum absolute atomic E-state index is 0.147. The van der Waals surface area contributed by atoms with Crippen LogP contribution < -0.4 is 9.64 Å². The molecule has 1 aromatic carbocycles. The molecule has 2 aromatic rings. The first-order valence-corrected chi connectivity index (χ1v) is 5.56. The molecule has 1 heterocycles. The van der Waals surface area contributed by atoms with E-state index < -0.39 is 0 Å². The number of aromatic nitrogens is 1. The van der Waals surface area contributed by atoms with Gasteiger partial charge in [-0.2, -0.15) is 0 Å². The molecule has 0 aliphatic carbocycles. The summed E-state index contributed by atoms with van der Waals surface area (Å²) in [6.07, 6.45) is 1.60. The Kier molecular flexibility index (Phi) is 3.57. The molecular weight excluding hydrogens is 228 g/mol. The number of anilines is 1. The molecule has 0 aliphatic heterocycles. The van der Waals surface area contributed by atoms with Gasteiger partial charge in [-0.15, -0.1) is 0 Å². The highest BCUT2D eigenvalue weighted by Crippen LogP contribution is 2.19. The first-order chi connectivity index (χ1) is 8.74. The molecule has 0 fully saturated rings. The lowest BCUT2D eigenvalue weighted by molar-refractivity contribution is 0.0989. The summed E-state index contributed by atoms with van der Waals surface area (Å²) in [6, 6.07) is 12.9. The lowest BCUT2D eigenvalue weighted by Gasteiger charge is -2.18. The zero-order valence-corrected chi connectivity index (χ0v) is 10.3. The van der Waals surface area contributed by atoms with E-state index in [0.29, 0.717) is 11.4 Å². The number of ether oxygens (including phenoxy) is 1. The molecule has 0 saturated heterocycles. The highest BCUT2D eigenvalue weighted by Gasteiger charge is 2.17. The van der Waals surface area contributed by atoms with Crippen LogP contribution in [-0.4, -0.2) is 25.0 Å². The van der Waals surface area contributed by atoms with Gasteiger partial charge in [-0.3, -0.25) is 4.79 Å². The third-order valence-electron chi connectivity index (χ3n) is 2.64. The van der Waals surface area contributed by atoms with Gasteiger partial charge >= 0.3 is 0 Å². The Morgan fingerprint density at radius 2 is 1.89 bits per heavy atom. The van der Waals surface area contributed by atoms with E-state index in [1.807, 2.05) is 30.3 Å². The van der Waals surface area contributed by atoms with Crippen molar-refractivity contribution in [1.82, 2.24) is 4.98 Å². The zero-order chi connectivity index (χ0) is 13.0. The second-order valence-electron chi connectivity index (χ2n) is 3.76. The number of nitrogens with zero attached hydrogens (tertiary/aromatic N) is 2. The molecular formula is C14H14N2O2. The van der Waals surface area contributed by atoms with Crippen molar-refractivity contribution >= 4 is 11.6 Å². The van der Waals surface area contributed by atoms with Gasteiger partial charge in [0.05, 0.1) is 7.11 Å². The topological polar surface area (TPSA) is 42.4 Å². The summed E-state index contributed by atoms with van der Waals surface area (Å²) < 4.78 is 5.09. The van der Waals surface area contributed by atoms with Crippen molar-refractivity contribution in [2.75, 3.05) is 19.1 Å². The van der Waals surface area contributed by atoms with Gasteiger partial charge in [-0.05, 0) is 24.3 Å². The standard InChI is InChI=1S/C14H14N2O2/c1-16(11-7-4-3-5-8-11)14(17)12-9-6-10-15-13(12)18-2/h3-10H,1-2H3. The van der Waals surface area contributed by atoms with Gasteiger partial charge < -0.3 is 9.64 Å². The van der Waals surface area contributed by atoms with Gasteiger partial charge in [0, 0.05) is 18.9 Å². The number of hydrogen-bond donors (Lipinski definition) is 0. The predicted octanol–water partition coefficient (Wildman–Crippen LogP) is 2.37. The maximum atomic E-state index is 12.3. The van der Waals surface area contributed by atoms with Crippen LogP contribution in [0.4, 0.5) is 5.69 Å². The van der Waals surface area contributed by atoms with E-state index in [0.717, 1.165) is 5.69 Å². The Hall–Kier alpha value is -2.36. The third-order valence-corrected chi connectivity index (χ3v) is 2.64. The molecule has 1 aromatic heterocycles. The van der Waals surface area contributed by atoms with Crippen LogP contribution in [0.2, 0.25) is 0 Å². The quantitative estimate of drug-likeness (QED) is 0.829. The normalized spacial score (nSPS) is 9.89. The Morgan fingerprint density at radius 3 is 2.56 bits per heavy atom. The fourth-order valence-corrected chi connectivity index (χ4v) is 1.67. The van der Waals surface area contributed by atoms with E-state index in [2.05, 4.69) is 4.98 Å². The van der Waals surface area contributed by atoms with Gasteiger partial charge in [0.2, 0.25) is 5.88 Å². The van der Waals surface area contributed by atoms with E-state index in [1.54, 1.807) is 30.3 Å². The maximum Gasteiger partial charge on any atom is 0.263 e. The molecule has 0 spiro atoms. The summed E-state index contributed by atoms with van der Waals surface area (Å²) in [4.78, 5) is 17.9. The van der Waals surface area contributed by atoms with Crippen molar-refractivity contribution in [3.63, 3.8) is 0 Å². The van der Waals surface area contributed by atoms with Gasteiger partial charge in [-0.25, -0.2) is 4.98 Å². The summed E-state index contributed by atoms with van der Waals surface area (Å²) in [5.74, 6) is 0.191. The van der Waals surface area contributed by atoms with Crippen LogP contribution in [0, 0.1) is 0 Å². The van der Waals surface area contributed by atoms with Crippen molar-refractivity contribution in [3.8, 4) is 5.88 Å². The van der Waals surface area contributed by atoms with Crippen LogP contribution in [0.15, 0.2) is 48.7 Å². The van der Waals surface area contributed by atoms with E-state index in [4.69, 9.17) is 4.74 Å². The Balaban J connectivity index is 2.32. The summed E-state index contributed by atoms with van der Waals surface area (Å²) in [7, 11) is 3.23. The maximum absolute atomic E-state index is 12.3. The molecule has 0 atom stereocenters. The average Bonchev–Trinajstić information content (AvgIpc) is 2.46. The molecule has 0 N–H and O–H groups in total. The van der Waals surface area contributed by atoms with Crippen LogP contribution in [0.5, 0.6) is 5.88 Å². The molecule has 0 bridgehead atoms. The largest absolute Gasteiger partial charge is 0.480 e. The molecule has 92 valence electrons. The Bertz CT molecular complexity index is 541. The summed E-state index contributed by atoms with van der Waals surface area (Å²) in [5.41, 5.74) is 1.28. The van der Waals surface area contributed by atoms with Crippen molar-refractivity contribution in [2.24, 2.45) is 0 Å². The summed E-state index contributed by atoms with van der Waals surface area (Å²) in [5, 5.41) is 0. The summed E-state index contributed by atoms with van der Waals surface area (Å²) in [6.45, 7) is 0. The van der Waals surface area contributed by atoms with Crippen LogP contribution >= 0.6 is 0 Å². The average molecular weight is 242 g/mol. The number of pyridine rings is 1. The second kappa shape index (κ2) is 5.31. The molecule has 0 radical (unpaired) electrons. The molecule has 2 rings (SSSR count). The zero-order valence-electron chi connectivity index (χ0n) is 10.3. The van der Waals surface area contributed by atoms with E-state index in [1.165, 1.54) is 7.11 Å². The Morgan fingerprint density at radius 1 is 1.17 bits per heavy atom. The van der Waals surface area contributed by atoms with Gasteiger partial charge in [0.15, 0.2) is 0 Å². The summed E-state index contributed by atoms with van der Waals surface area (Å²) >= 11 is 0. The van der Waals surface area contributed by atoms with Crippen LogP contribution in [0.3, 0.4) is 0 Å². The number of methoxy groups -OCH3 is 1. The van der Waals surface area contributed by atoms with Crippen molar-refractivity contribution in [3.05, 3.63) is 54.2 Å². The van der Waals surface area contributed by atoms with Crippen LogP contribution in [0.25, 0.3) is 0 Å². The minimum atomic E-state index is -0.147. The van der Waals surface area contributed by atoms with Gasteiger partial charge in [-0.1, -0.05) is 18.2 Å². The van der Waals surface area contributed by atoms with Gasteiger partial charge in [0.25, 0.3) is 5.91 Å². The fourth-order valence-electron chi connectivity index (χ4n) is 1.67. The van der Waals surface area contributed by atoms with Crippen LogP contribution in [0.1, 0.15) is 10.4 Å². The highest BCUT2D eigenvalue weighted by atomic mass is 16.5. The number of rotatable bonds is 3. The predicted molar refractivity (Wildman–Crippen MR) is 70.0 cm³/mol. The smallest absolute Gasteiger partial charge is 0.263 e. The number of carbonyl (C=O) groups excluding carboxylic acids is 1. The van der Waals surface area contributed by atoms with Crippen molar-refractivity contribution in [1.29, 1.82) is 0 Å². The van der Waals surface area contributed by atoms with E-state index in [-0.39, 0.29) is 5.91 Å². The third kappa shape index (κ3) is 2.32. The lowest BCUT2D eigenvalue weighted by atomic mass is 10.2. The molecule has 0 aliphatic rings. The molecule has 4 heteroatoms. The molecule has 0 saturated carbocycles. The molecule has 4 nitrogen and oxygen atoms in total. The number of hydrogen-bond acceptors (Lipinski definition) is 3. The molecule has 18 heavy (non-hydrogen) atoms. The monoisotopic (exact) mass is 242 g/mol. The number of carbonyl (C=O) groups is 1. The van der Waals surface area contributed by atoms with Crippen molar-refractivity contribution < 1.29 is 9.53 Å². The number of para-hydroxylation sites is 1. The Labute approximate surface area is 106 Å². The minimum Gasteiger partial charge on any atom is -0.480 e. The van der Waals surface area contributed by atoms with E-state index in [9.17, 15) is 4.79 Å².